The number of rotatable bonds is 6. The van der Waals surface area contributed by atoms with Crippen LogP contribution < -0.4 is 15.4 Å². The van der Waals surface area contributed by atoms with E-state index in [-0.39, 0.29) is 18.1 Å². The minimum Gasteiger partial charge on any atom is -0.483 e. The Kier molecular flexibility index (Phi) is 8.42. The zero-order valence-electron chi connectivity index (χ0n) is 16.4. The van der Waals surface area contributed by atoms with Crippen molar-refractivity contribution in [1.82, 2.24) is 10.6 Å². The fraction of sp³-hybridized carbons (Fsp3) is 0.667. The molecule has 1 aliphatic carbocycles. The Labute approximate surface area is 166 Å². The van der Waals surface area contributed by atoms with Crippen LogP contribution in [-0.2, 0) is 11.3 Å². The summed E-state index contributed by atoms with van der Waals surface area (Å²) in [4.78, 5) is 12.0. The van der Waals surface area contributed by atoms with Gasteiger partial charge in [-0.05, 0) is 51.8 Å². The van der Waals surface area contributed by atoms with Gasteiger partial charge in [-0.15, -0.1) is 0 Å². The number of halogens is 1. The van der Waals surface area contributed by atoms with Crippen LogP contribution >= 0.6 is 15.9 Å². The fourth-order valence-corrected chi connectivity index (χ4v) is 3.75. The molecule has 5 heteroatoms. The zero-order chi connectivity index (χ0) is 19.0. The van der Waals surface area contributed by atoms with Crippen molar-refractivity contribution in [3.05, 3.63) is 28.2 Å². The summed E-state index contributed by atoms with van der Waals surface area (Å²) in [5.74, 6) is 0.676. The SMILES string of the molecule is CC(C)(C)NC(=O)COc1ccc(Br)cc1CNC1CCCCCCC1. The van der Waals surface area contributed by atoms with Gasteiger partial charge in [-0.1, -0.05) is 48.0 Å². The fourth-order valence-electron chi connectivity index (χ4n) is 3.34. The first-order chi connectivity index (χ1) is 12.3. The third kappa shape index (κ3) is 8.09. The molecular formula is C21H33BrN2O2. The minimum absolute atomic E-state index is 0.0370. The molecule has 26 heavy (non-hydrogen) atoms. The van der Waals surface area contributed by atoms with Crippen LogP contribution in [0.3, 0.4) is 0 Å². The Bertz CT molecular complexity index is 576. The molecule has 0 aromatic heterocycles. The first kappa shape index (κ1) is 21.2. The summed E-state index contributed by atoms with van der Waals surface area (Å²) in [6.07, 6.45) is 9.21. The van der Waals surface area contributed by atoms with Crippen molar-refractivity contribution in [2.75, 3.05) is 6.61 Å². The van der Waals surface area contributed by atoms with E-state index in [4.69, 9.17) is 4.74 Å². The van der Waals surface area contributed by atoms with Gasteiger partial charge in [0, 0.05) is 28.2 Å². The third-order valence-corrected chi connectivity index (χ3v) is 5.08. The highest BCUT2D eigenvalue weighted by Gasteiger charge is 2.16. The summed E-state index contributed by atoms with van der Waals surface area (Å²) in [7, 11) is 0. The molecule has 1 saturated carbocycles. The highest BCUT2D eigenvalue weighted by atomic mass is 79.9. The monoisotopic (exact) mass is 424 g/mol. The largest absolute Gasteiger partial charge is 0.483 e. The van der Waals surface area contributed by atoms with E-state index in [1.165, 1.54) is 44.9 Å². The van der Waals surface area contributed by atoms with Gasteiger partial charge in [-0.2, -0.15) is 0 Å². The summed E-state index contributed by atoms with van der Waals surface area (Å²) < 4.78 is 6.84. The lowest BCUT2D eigenvalue weighted by Crippen LogP contribution is -2.43. The maximum absolute atomic E-state index is 12.0. The topological polar surface area (TPSA) is 50.4 Å². The molecule has 0 atom stereocenters. The molecular weight excluding hydrogens is 392 g/mol. The van der Waals surface area contributed by atoms with Crippen LogP contribution in [0.1, 0.15) is 71.3 Å². The van der Waals surface area contributed by atoms with Gasteiger partial charge in [0.15, 0.2) is 6.61 Å². The number of hydrogen-bond donors (Lipinski definition) is 2. The summed E-state index contributed by atoms with van der Waals surface area (Å²) in [5.41, 5.74) is 0.841. The van der Waals surface area contributed by atoms with Gasteiger partial charge in [0.1, 0.15) is 5.75 Å². The number of hydrogen-bond acceptors (Lipinski definition) is 3. The van der Waals surface area contributed by atoms with Gasteiger partial charge in [0.2, 0.25) is 0 Å². The van der Waals surface area contributed by atoms with Gasteiger partial charge in [-0.3, -0.25) is 4.79 Å². The Balaban J connectivity index is 1.92. The van der Waals surface area contributed by atoms with Crippen LogP contribution in [0, 0.1) is 0 Å². The van der Waals surface area contributed by atoms with Crippen molar-refractivity contribution in [2.24, 2.45) is 0 Å². The molecule has 1 amide bonds. The van der Waals surface area contributed by atoms with E-state index in [1.54, 1.807) is 0 Å². The van der Waals surface area contributed by atoms with Crippen LogP contribution in [-0.4, -0.2) is 24.1 Å². The molecule has 146 valence electrons. The molecule has 1 aromatic carbocycles. The summed E-state index contributed by atoms with van der Waals surface area (Å²) in [6.45, 7) is 6.70. The number of amides is 1. The van der Waals surface area contributed by atoms with Gasteiger partial charge < -0.3 is 15.4 Å². The molecule has 1 fully saturated rings. The molecule has 4 nitrogen and oxygen atoms in total. The molecule has 2 rings (SSSR count). The first-order valence-electron chi connectivity index (χ1n) is 9.79. The molecule has 0 bridgehead atoms. The Morgan fingerprint density at radius 1 is 1.15 bits per heavy atom. The van der Waals surface area contributed by atoms with E-state index in [0.717, 1.165) is 22.3 Å². The number of carbonyl (C=O) groups is 1. The lowest BCUT2D eigenvalue weighted by atomic mass is 9.96. The van der Waals surface area contributed by atoms with Crippen LogP contribution in [0.4, 0.5) is 0 Å². The van der Waals surface area contributed by atoms with Crippen molar-refractivity contribution >= 4 is 21.8 Å². The maximum atomic E-state index is 12.0. The maximum Gasteiger partial charge on any atom is 0.258 e. The second-order valence-electron chi connectivity index (χ2n) is 8.26. The van der Waals surface area contributed by atoms with Gasteiger partial charge >= 0.3 is 0 Å². The molecule has 0 spiro atoms. The average molecular weight is 425 g/mol. The number of nitrogens with one attached hydrogen (secondary N) is 2. The first-order valence-corrected chi connectivity index (χ1v) is 10.6. The molecule has 0 heterocycles. The summed E-state index contributed by atoms with van der Waals surface area (Å²) in [5, 5.41) is 6.63. The van der Waals surface area contributed by atoms with Crippen molar-refractivity contribution in [1.29, 1.82) is 0 Å². The summed E-state index contributed by atoms with van der Waals surface area (Å²) >= 11 is 3.54. The standard InChI is InChI=1S/C21H33BrN2O2/c1-21(2,3)24-20(25)15-26-19-12-11-17(22)13-16(19)14-23-18-9-7-5-4-6-8-10-18/h11-13,18,23H,4-10,14-15H2,1-3H3,(H,24,25). The quantitative estimate of drug-likeness (QED) is 0.679. The van der Waals surface area contributed by atoms with Crippen LogP contribution in [0.25, 0.3) is 0 Å². The highest BCUT2D eigenvalue weighted by molar-refractivity contribution is 9.10. The number of ether oxygens (including phenoxy) is 1. The van der Waals surface area contributed by atoms with Crippen molar-refractivity contribution in [3.8, 4) is 5.75 Å². The smallest absolute Gasteiger partial charge is 0.258 e. The van der Waals surface area contributed by atoms with E-state index < -0.39 is 0 Å². The summed E-state index contributed by atoms with van der Waals surface area (Å²) in [6, 6.07) is 6.54. The molecule has 1 aromatic rings. The van der Waals surface area contributed by atoms with Gasteiger partial charge in [-0.25, -0.2) is 0 Å². The van der Waals surface area contributed by atoms with E-state index in [9.17, 15) is 4.79 Å². The number of benzene rings is 1. The van der Waals surface area contributed by atoms with Gasteiger partial charge in [0.25, 0.3) is 5.91 Å². The molecule has 1 aliphatic rings. The molecule has 0 aliphatic heterocycles. The molecule has 0 radical (unpaired) electrons. The van der Waals surface area contributed by atoms with E-state index in [1.807, 2.05) is 32.9 Å². The van der Waals surface area contributed by atoms with Crippen LogP contribution in [0.15, 0.2) is 22.7 Å². The lowest BCUT2D eigenvalue weighted by Gasteiger charge is -2.22. The molecule has 0 saturated heterocycles. The van der Waals surface area contributed by atoms with E-state index >= 15 is 0 Å². The zero-order valence-corrected chi connectivity index (χ0v) is 18.0. The van der Waals surface area contributed by atoms with Crippen molar-refractivity contribution in [2.45, 2.75) is 83.8 Å². The van der Waals surface area contributed by atoms with Crippen molar-refractivity contribution in [3.63, 3.8) is 0 Å². The minimum atomic E-state index is -0.247. The molecule has 0 unspecified atom stereocenters. The Morgan fingerprint density at radius 2 is 1.81 bits per heavy atom. The average Bonchev–Trinajstić information content (AvgIpc) is 2.51. The third-order valence-electron chi connectivity index (χ3n) is 4.58. The highest BCUT2D eigenvalue weighted by Crippen LogP contribution is 2.24. The predicted molar refractivity (Wildman–Crippen MR) is 110 cm³/mol. The van der Waals surface area contributed by atoms with Crippen LogP contribution in [0.2, 0.25) is 0 Å². The molecule has 2 N–H and O–H groups in total. The van der Waals surface area contributed by atoms with E-state index in [0.29, 0.717) is 6.04 Å². The van der Waals surface area contributed by atoms with Crippen molar-refractivity contribution < 1.29 is 9.53 Å². The van der Waals surface area contributed by atoms with Gasteiger partial charge in [0.05, 0.1) is 0 Å². The van der Waals surface area contributed by atoms with E-state index in [2.05, 4.69) is 32.6 Å². The lowest BCUT2D eigenvalue weighted by molar-refractivity contribution is -0.124. The number of carbonyl (C=O) groups excluding carboxylic acids is 1. The Morgan fingerprint density at radius 3 is 2.46 bits per heavy atom. The second-order valence-corrected chi connectivity index (χ2v) is 9.18. The van der Waals surface area contributed by atoms with Crippen LogP contribution in [0.5, 0.6) is 5.75 Å². The normalized spacial score (nSPS) is 16.6. The predicted octanol–water partition coefficient (Wildman–Crippen LogP) is 4.95. The Hall–Kier alpha value is -1.07. The second kappa shape index (κ2) is 10.3.